The van der Waals surface area contributed by atoms with Crippen molar-refractivity contribution in [2.75, 3.05) is 17.3 Å². The molecule has 1 rings (SSSR count). The van der Waals surface area contributed by atoms with Gasteiger partial charge in [0.2, 0.25) is 0 Å². The summed E-state index contributed by atoms with van der Waals surface area (Å²) < 4.78 is 0. The summed E-state index contributed by atoms with van der Waals surface area (Å²) in [5.74, 6) is 0.520. The molecular weight excluding hydrogens is 523 g/mol. The summed E-state index contributed by atoms with van der Waals surface area (Å²) in [6.07, 6.45) is 0. The van der Waals surface area contributed by atoms with Gasteiger partial charge in [-0.1, -0.05) is 56.1 Å². The SMILES string of the molecule is ClSCC1(Cl)C(Cl)=C(Cl)C(Cl)C(Cl)(CSCl)C1(Cl)CSCl. The minimum atomic E-state index is -1.33. The van der Waals surface area contributed by atoms with Gasteiger partial charge in [0, 0.05) is 17.3 Å². The highest BCUT2D eigenvalue weighted by molar-refractivity contribution is 8.21. The zero-order valence-electron chi connectivity index (χ0n) is 9.83. The van der Waals surface area contributed by atoms with Crippen molar-refractivity contribution in [2.45, 2.75) is 20.0 Å². The number of alkyl halides is 4. The van der Waals surface area contributed by atoms with Gasteiger partial charge in [-0.25, -0.2) is 0 Å². The summed E-state index contributed by atoms with van der Waals surface area (Å²) in [6, 6.07) is 0. The van der Waals surface area contributed by atoms with Crippen molar-refractivity contribution >= 4 is 135 Å². The number of hydrogen-bond acceptors (Lipinski definition) is 3. The monoisotopic (exact) mass is 526 g/mol. The van der Waals surface area contributed by atoms with Crippen LogP contribution in [0.25, 0.3) is 0 Å². The summed E-state index contributed by atoms with van der Waals surface area (Å²) in [5, 5.41) is -0.612. The molecule has 1 aliphatic rings. The van der Waals surface area contributed by atoms with Crippen LogP contribution < -0.4 is 0 Å². The van der Waals surface area contributed by atoms with Crippen molar-refractivity contribution in [3.63, 3.8) is 0 Å². The molecule has 0 heterocycles. The molecule has 0 aromatic rings. The fraction of sp³-hybridized carbons (Fsp3) is 0.778. The Hall–Kier alpha value is 3.40. The molecule has 1 aliphatic carbocycles. The van der Waals surface area contributed by atoms with E-state index in [4.69, 9.17) is 102 Å². The van der Waals surface area contributed by atoms with E-state index in [0.717, 1.165) is 32.9 Å². The van der Waals surface area contributed by atoms with Crippen LogP contribution in [-0.4, -0.2) is 37.3 Å². The predicted molar refractivity (Wildman–Crippen MR) is 109 cm³/mol. The second kappa shape index (κ2) is 8.86. The molecule has 4 unspecified atom stereocenters. The topological polar surface area (TPSA) is 0 Å². The van der Waals surface area contributed by atoms with Crippen molar-refractivity contribution in [1.29, 1.82) is 0 Å². The average molecular weight is 530 g/mol. The Morgan fingerprint density at radius 3 is 1.76 bits per heavy atom. The Bertz CT molecular complexity index is 421. The lowest BCUT2D eigenvalue weighted by Crippen LogP contribution is -2.69. The fourth-order valence-corrected chi connectivity index (χ4v) is 9.16. The zero-order chi connectivity index (χ0) is 16.5. The number of hydrogen-bond donors (Lipinski definition) is 0. The van der Waals surface area contributed by atoms with Crippen LogP contribution in [0.1, 0.15) is 0 Å². The van der Waals surface area contributed by atoms with E-state index in [1.54, 1.807) is 0 Å². The zero-order valence-corrected chi connectivity index (χ0v) is 19.1. The lowest BCUT2D eigenvalue weighted by molar-refractivity contribution is 0.400. The molecule has 12 heteroatoms. The van der Waals surface area contributed by atoms with Crippen LogP contribution >= 0.6 is 135 Å². The van der Waals surface area contributed by atoms with Gasteiger partial charge in [-0.05, 0) is 32.0 Å². The molecule has 21 heavy (non-hydrogen) atoms. The molecule has 0 aromatic heterocycles. The van der Waals surface area contributed by atoms with Gasteiger partial charge < -0.3 is 0 Å². The second-order valence-electron chi connectivity index (χ2n) is 4.25. The van der Waals surface area contributed by atoms with Gasteiger partial charge in [-0.15, -0.1) is 46.4 Å². The van der Waals surface area contributed by atoms with Crippen LogP contribution in [0.5, 0.6) is 0 Å². The van der Waals surface area contributed by atoms with Gasteiger partial charge in [0.05, 0.1) is 20.3 Å². The minimum absolute atomic E-state index is 0.121. The number of rotatable bonds is 6. The Kier molecular flexibility index (Phi) is 9.47. The van der Waals surface area contributed by atoms with Gasteiger partial charge in [-0.2, -0.15) is 0 Å². The van der Waals surface area contributed by atoms with Gasteiger partial charge in [-0.3, -0.25) is 0 Å². The molecule has 124 valence electrons. The molecule has 0 spiro atoms. The van der Waals surface area contributed by atoms with E-state index in [1.165, 1.54) is 0 Å². The third-order valence-corrected chi connectivity index (χ3v) is 10.6. The Morgan fingerprint density at radius 1 is 0.857 bits per heavy atom. The standard InChI is InChI=1S/C9H7Cl9S3/c10-4-5(11)7(13,1-19-16)9(15,3-21-18)8(14,2-20-17)6(4)12/h5H,1-3H2. The first-order chi connectivity index (χ1) is 9.66. The maximum atomic E-state index is 6.83. The smallest absolute Gasteiger partial charge is 0.113 e. The summed E-state index contributed by atoms with van der Waals surface area (Å²) in [6.45, 7) is 0. The molecule has 0 nitrogen and oxygen atoms in total. The normalized spacial score (nSPS) is 40.7. The molecule has 0 bridgehead atoms. The van der Waals surface area contributed by atoms with Crippen LogP contribution in [-0.2, 0) is 0 Å². The minimum Gasteiger partial charge on any atom is -0.115 e. The van der Waals surface area contributed by atoms with Crippen LogP contribution in [0, 0.1) is 0 Å². The molecule has 0 amide bonds. The molecule has 0 aromatic carbocycles. The largest absolute Gasteiger partial charge is 0.115 e. The van der Waals surface area contributed by atoms with E-state index in [9.17, 15) is 0 Å². The van der Waals surface area contributed by atoms with Crippen LogP contribution in [0.4, 0.5) is 0 Å². The first kappa shape index (κ1) is 22.4. The maximum absolute atomic E-state index is 6.83. The van der Waals surface area contributed by atoms with Crippen LogP contribution in [0.15, 0.2) is 10.1 Å². The van der Waals surface area contributed by atoms with Crippen molar-refractivity contribution in [1.82, 2.24) is 0 Å². The van der Waals surface area contributed by atoms with E-state index < -0.39 is 20.0 Å². The Balaban J connectivity index is 3.60. The highest BCUT2D eigenvalue weighted by Crippen LogP contribution is 2.63. The summed E-state index contributed by atoms with van der Waals surface area (Å²) in [5.41, 5.74) is 0. The van der Waals surface area contributed by atoms with E-state index >= 15 is 0 Å². The summed E-state index contributed by atoms with van der Waals surface area (Å²) in [7, 11) is 20.2. The van der Waals surface area contributed by atoms with Gasteiger partial charge in [0.1, 0.15) is 9.75 Å². The fourth-order valence-electron chi connectivity index (χ4n) is 2.04. The van der Waals surface area contributed by atoms with Crippen LogP contribution in [0.3, 0.4) is 0 Å². The van der Waals surface area contributed by atoms with Gasteiger partial charge in [0.25, 0.3) is 0 Å². The lowest BCUT2D eigenvalue weighted by Gasteiger charge is -2.55. The van der Waals surface area contributed by atoms with Gasteiger partial charge >= 0.3 is 0 Å². The first-order valence-corrected chi connectivity index (χ1v) is 12.9. The predicted octanol–water partition coefficient (Wildman–Crippen LogP) is 7.89. The van der Waals surface area contributed by atoms with E-state index in [2.05, 4.69) is 0 Å². The Labute approximate surface area is 180 Å². The van der Waals surface area contributed by atoms with Gasteiger partial charge in [0.15, 0.2) is 0 Å². The van der Waals surface area contributed by atoms with Crippen molar-refractivity contribution in [3.8, 4) is 0 Å². The highest BCUT2D eigenvalue weighted by atomic mass is 35.7. The molecule has 0 N–H and O–H groups in total. The number of allylic oxidation sites excluding steroid dienone is 2. The molecule has 4 atom stereocenters. The summed E-state index contributed by atoms with van der Waals surface area (Å²) in [4.78, 5) is -3.92. The van der Waals surface area contributed by atoms with E-state index in [1.807, 2.05) is 0 Å². The molecule has 0 saturated carbocycles. The first-order valence-electron chi connectivity index (χ1n) is 5.13. The Morgan fingerprint density at radius 2 is 1.33 bits per heavy atom. The number of halogens is 9. The van der Waals surface area contributed by atoms with Crippen molar-refractivity contribution < 1.29 is 0 Å². The van der Waals surface area contributed by atoms with E-state index in [-0.39, 0.29) is 27.3 Å². The van der Waals surface area contributed by atoms with Crippen molar-refractivity contribution in [3.05, 3.63) is 10.1 Å². The van der Waals surface area contributed by atoms with Crippen LogP contribution in [0.2, 0.25) is 0 Å². The molecule has 0 saturated heterocycles. The third-order valence-electron chi connectivity index (χ3n) is 3.24. The molecule has 0 aliphatic heterocycles. The van der Waals surface area contributed by atoms with E-state index in [0.29, 0.717) is 0 Å². The highest BCUT2D eigenvalue weighted by Gasteiger charge is 2.69. The molecule has 0 radical (unpaired) electrons. The molecule has 0 fully saturated rings. The average Bonchev–Trinajstić information content (AvgIpc) is 2.43. The summed E-state index contributed by atoms with van der Waals surface area (Å²) >= 11 is 39.2. The lowest BCUT2D eigenvalue weighted by atomic mass is 9.75. The maximum Gasteiger partial charge on any atom is 0.113 e. The van der Waals surface area contributed by atoms with Crippen molar-refractivity contribution in [2.24, 2.45) is 0 Å². The second-order valence-corrected chi connectivity index (χ2v) is 10.9. The molecular formula is C9H7Cl9S3. The third kappa shape index (κ3) is 3.76. The quantitative estimate of drug-likeness (QED) is 0.321.